The summed E-state index contributed by atoms with van der Waals surface area (Å²) in [7, 11) is 1.67. The lowest BCUT2D eigenvalue weighted by atomic mass is 9.60. The topological polar surface area (TPSA) is 90.4 Å². The number of Topliss-reactive ketones (excluding diaryl/α,β-unsaturated/α-hetero) is 1. The fourth-order valence-corrected chi connectivity index (χ4v) is 5.79. The van der Waals surface area contributed by atoms with Gasteiger partial charge in [0.2, 0.25) is 5.91 Å². The van der Waals surface area contributed by atoms with Crippen molar-refractivity contribution in [1.29, 1.82) is 5.26 Å². The van der Waals surface area contributed by atoms with Crippen molar-refractivity contribution in [3.63, 3.8) is 0 Å². The predicted molar refractivity (Wildman–Crippen MR) is 127 cm³/mol. The van der Waals surface area contributed by atoms with Crippen molar-refractivity contribution in [1.82, 2.24) is 0 Å². The molecule has 1 aliphatic carbocycles. The van der Waals surface area contributed by atoms with Gasteiger partial charge in [0.1, 0.15) is 17.3 Å². The number of benzene rings is 2. The highest BCUT2D eigenvalue weighted by atomic mass is 35.5. The van der Waals surface area contributed by atoms with Crippen LogP contribution in [0, 0.1) is 16.7 Å². The molecule has 2 N–H and O–H groups in total. The third kappa shape index (κ3) is 2.66. The minimum atomic E-state index is -1.56. The number of carbonyl (C=O) groups excluding carboxylic acids is 2. The van der Waals surface area contributed by atoms with Crippen molar-refractivity contribution in [2.24, 2.45) is 11.1 Å². The summed E-state index contributed by atoms with van der Waals surface area (Å²) in [6, 6.07) is 16.7. The Labute approximate surface area is 197 Å². The average Bonchev–Trinajstić information content (AvgIpc) is 2.97. The molecule has 0 saturated heterocycles. The van der Waals surface area contributed by atoms with Gasteiger partial charge in [0.25, 0.3) is 0 Å². The van der Waals surface area contributed by atoms with Crippen LogP contribution in [-0.2, 0) is 15.0 Å². The number of para-hydroxylation sites is 2. The van der Waals surface area contributed by atoms with Crippen LogP contribution in [0.15, 0.2) is 71.2 Å². The molecule has 5 rings (SSSR count). The number of anilines is 2. The van der Waals surface area contributed by atoms with E-state index in [2.05, 4.69) is 6.07 Å². The van der Waals surface area contributed by atoms with Crippen molar-refractivity contribution in [2.75, 3.05) is 16.8 Å². The fraction of sp³-hybridized carbons (Fsp3) is 0.269. The number of allylic oxidation sites excluding steroid dienone is 1. The molecule has 2 aliphatic heterocycles. The van der Waals surface area contributed by atoms with E-state index in [9.17, 15) is 14.9 Å². The Hall–Kier alpha value is -3.56. The summed E-state index contributed by atoms with van der Waals surface area (Å²) in [4.78, 5) is 31.0. The molecule has 7 heteroatoms. The molecule has 166 valence electrons. The number of nitrogens with zero attached hydrogens (tertiary/aromatic N) is 3. The van der Waals surface area contributed by atoms with E-state index < -0.39 is 5.41 Å². The van der Waals surface area contributed by atoms with Gasteiger partial charge in [-0.1, -0.05) is 55.8 Å². The van der Waals surface area contributed by atoms with E-state index in [0.717, 1.165) is 0 Å². The van der Waals surface area contributed by atoms with Crippen LogP contribution in [-0.4, -0.2) is 18.7 Å². The Morgan fingerprint density at radius 1 is 1.03 bits per heavy atom. The second-order valence-corrected chi connectivity index (χ2v) is 9.96. The van der Waals surface area contributed by atoms with Crippen LogP contribution in [0.3, 0.4) is 0 Å². The lowest BCUT2D eigenvalue weighted by molar-refractivity contribution is -0.124. The fourth-order valence-electron chi connectivity index (χ4n) is 5.57. The zero-order chi connectivity index (χ0) is 23.7. The second-order valence-electron chi connectivity index (χ2n) is 9.55. The number of rotatable bonds is 1. The molecule has 2 aromatic carbocycles. The molecule has 0 saturated carbocycles. The molecular weight excluding hydrogens is 436 g/mol. The molecule has 2 heterocycles. The predicted octanol–water partition coefficient (Wildman–Crippen LogP) is 4.41. The number of hydrogen-bond acceptors (Lipinski definition) is 5. The van der Waals surface area contributed by atoms with Crippen molar-refractivity contribution in [2.45, 2.75) is 32.1 Å². The molecule has 1 amide bonds. The number of amides is 1. The summed E-state index contributed by atoms with van der Waals surface area (Å²) in [5.41, 5.74) is 7.64. The first kappa shape index (κ1) is 21.3. The third-order valence-corrected chi connectivity index (χ3v) is 7.19. The molecule has 0 fully saturated rings. The van der Waals surface area contributed by atoms with E-state index in [0.29, 0.717) is 39.7 Å². The van der Waals surface area contributed by atoms with Gasteiger partial charge < -0.3 is 10.6 Å². The number of nitrogens with two attached hydrogens (primary N) is 1. The smallest absolute Gasteiger partial charge is 0.247 e. The van der Waals surface area contributed by atoms with Gasteiger partial charge in [0, 0.05) is 36.0 Å². The van der Waals surface area contributed by atoms with E-state index in [-0.39, 0.29) is 34.9 Å². The van der Waals surface area contributed by atoms with Crippen LogP contribution in [0.1, 0.15) is 32.3 Å². The Bertz CT molecular complexity index is 1350. The highest BCUT2D eigenvalue weighted by molar-refractivity contribution is 6.33. The van der Waals surface area contributed by atoms with Crippen molar-refractivity contribution < 1.29 is 9.59 Å². The molecule has 1 spiro atoms. The summed E-state index contributed by atoms with van der Waals surface area (Å²) in [6.07, 6.45) is 0.765. The van der Waals surface area contributed by atoms with Crippen LogP contribution < -0.4 is 15.5 Å². The first-order valence-corrected chi connectivity index (χ1v) is 11.1. The highest BCUT2D eigenvalue weighted by Crippen LogP contribution is 2.58. The standard InChI is InChI=1S/C26H23ClN4O2/c1-25(2)12-20-22(21(32)13-25)26(15-8-4-6-10-18(15)30(3)24(26)33)16(14-28)23(29)31(20)19-11-7-5-9-17(19)27/h4-11H,12-13,29H2,1-3H3/t26-/m0/s1. The summed E-state index contributed by atoms with van der Waals surface area (Å²) >= 11 is 6.55. The summed E-state index contributed by atoms with van der Waals surface area (Å²) < 4.78 is 0. The minimum absolute atomic E-state index is 0.0519. The van der Waals surface area contributed by atoms with E-state index >= 15 is 0 Å². The van der Waals surface area contributed by atoms with E-state index in [1.54, 1.807) is 30.1 Å². The van der Waals surface area contributed by atoms with E-state index in [1.165, 1.54) is 4.90 Å². The van der Waals surface area contributed by atoms with Gasteiger partial charge in [0.15, 0.2) is 5.78 Å². The maximum Gasteiger partial charge on any atom is 0.247 e. The maximum atomic E-state index is 14.0. The largest absolute Gasteiger partial charge is 0.384 e. The Morgan fingerprint density at radius 2 is 1.67 bits per heavy atom. The van der Waals surface area contributed by atoms with Gasteiger partial charge in [0.05, 0.1) is 16.3 Å². The second kappa shape index (κ2) is 6.97. The monoisotopic (exact) mass is 458 g/mol. The van der Waals surface area contributed by atoms with Crippen LogP contribution >= 0.6 is 11.6 Å². The molecule has 0 unspecified atom stereocenters. The van der Waals surface area contributed by atoms with Gasteiger partial charge in [-0.2, -0.15) is 5.26 Å². The number of carbonyl (C=O) groups is 2. The van der Waals surface area contributed by atoms with Gasteiger partial charge in [-0.05, 0) is 30.0 Å². The van der Waals surface area contributed by atoms with Crippen LogP contribution in [0.2, 0.25) is 5.02 Å². The Kier molecular flexibility index (Phi) is 4.50. The van der Waals surface area contributed by atoms with Crippen molar-refractivity contribution >= 4 is 34.7 Å². The highest BCUT2D eigenvalue weighted by Gasteiger charge is 2.62. The first-order chi connectivity index (χ1) is 15.6. The molecular formula is C26H23ClN4O2. The minimum Gasteiger partial charge on any atom is -0.384 e. The first-order valence-electron chi connectivity index (χ1n) is 10.7. The normalized spacial score (nSPS) is 23.7. The summed E-state index contributed by atoms with van der Waals surface area (Å²) in [6.45, 7) is 4.03. The number of fused-ring (bicyclic) bond motifs is 3. The maximum absolute atomic E-state index is 14.0. The molecule has 2 aromatic rings. The SMILES string of the molecule is CN1C(=O)[C@]2(C(C#N)=C(N)N(c3ccccc3Cl)C3=C2C(=O)CC(C)(C)C3)c2ccccc21. The molecule has 3 aliphatic rings. The van der Waals surface area contributed by atoms with Gasteiger partial charge in [-0.25, -0.2) is 0 Å². The summed E-state index contributed by atoms with van der Waals surface area (Å²) in [5.74, 6) is -0.382. The van der Waals surface area contributed by atoms with Gasteiger partial charge in [-0.15, -0.1) is 0 Å². The number of halogens is 1. The average molecular weight is 459 g/mol. The molecule has 1 atom stereocenters. The van der Waals surface area contributed by atoms with Crippen LogP contribution in [0.4, 0.5) is 11.4 Å². The van der Waals surface area contributed by atoms with E-state index in [1.807, 2.05) is 44.2 Å². The van der Waals surface area contributed by atoms with Gasteiger partial charge >= 0.3 is 0 Å². The summed E-state index contributed by atoms with van der Waals surface area (Å²) in [5, 5.41) is 10.8. The van der Waals surface area contributed by atoms with Crippen molar-refractivity contribution in [3.05, 3.63) is 81.8 Å². The lowest BCUT2D eigenvalue weighted by Crippen LogP contribution is -2.53. The molecule has 0 bridgehead atoms. The Balaban J connectivity index is 1.94. The third-order valence-electron chi connectivity index (χ3n) is 6.87. The zero-order valence-electron chi connectivity index (χ0n) is 18.6. The van der Waals surface area contributed by atoms with Crippen LogP contribution in [0.5, 0.6) is 0 Å². The number of nitriles is 1. The quantitative estimate of drug-likeness (QED) is 0.683. The molecule has 0 radical (unpaired) electrons. The molecule has 6 nitrogen and oxygen atoms in total. The van der Waals surface area contributed by atoms with Gasteiger partial charge in [-0.3, -0.25) is 14.5 Å². The zero-order valence-corrected chi connectivity index (χ0v) is 19.4. The molecule has 0 aromatic heterocycles. The van der Waals surface area contributed by atoms with E-state index in [4.69, 9.17) is 17.3 Å². The number of likely N-dealkylation sites (N-methyl/N-ethyl adjacent to an activating group) is 1. The number of ketones is 1. The Morgan fingerprint density at radius 3 is 2.33 bits per heavy atom. The number of hydrogen-bond donors (Lipinski definition) is 1. The van der Waals surface area contributed by atoms with Crippen LogP contribution in [0.25, 0.3) is 0 Å². The molecule has 33 heavy (non-hydrogen) atoms. The van der Waals surface area contributed by atoms with Crippen molar-refractivity contribution in [3.8, 4) is 6.07 Å². The lowest BCUT2D eigenvalue weighted by Gasteiger charge is -2.47.